The number of rotatable bonds is 7. The maximum atomic E-state index is 12.6. The molecular weight excluding hydrogens is 310 g/mol. The van der Waals surface area contributed by atoms with Crippen LogP contribution in [0.15, 0.2) is 18.2 Å². The average molecular weight is 335 g/mol. The maximum Gasteiger partial charge on any atom is 0.311 e. The summed E-state index contributed by atoms with van der Waals surface area (Å²) in [4.78, 5) is 25.5. The van der Waals surface area contributed by atoms with Crippen LogP contribution in [0.3, 0.4) is 0 Å². The van der Waals surface area contributed by atoms with E-state index < -0.39 is 11.4 Å². The fourth-order valence-corrected chi connectivity index (χ4v) is 2.74. The Bertz CT molecular complexity index is 615. The van der Waals surface area contributed by atoms with Crippen molar-refractivity contribution >= 4 is 11.9 Å². The number of hydrogen-bond acceptors (Lipinski definition) is 4. The van der Waals surface area contributed by atoms with E-state index in [1.807, 2.05) is 0 Å². The van der Waals surface area contributed by atoms with Crippen LogP contribution in [0.5, 0.6) is 11.5 Å². The number of benzene rings is 1. The molecule has 24 heavy (non-hydrogen) atoms. The first-order chi connectivity index (χ1) is 11.4. The molecule has 132 valence electrons. The molecule has 1 aromatic carbocycles. The van der Waals surface area contributed by atoms with Crippen molar-refractivity contribution in [1.82, 2.24) is 4.90 Å². The third-order valence-electron chi connectivity index (χ3n) is 4.44. The Balaban J connectivity index is 2.11. The second-order valence-corrected chi connectivity index (χ2v) is 6.41. The van der Waals surface area contributed by atoms with Gasteiger partial charge in [-0.1, -0.05) is 13.3 Å². The third kappa shape index (κ3) is 3.80. The molecule has 0 radical (unpaired) electrons. The van der Waals surface area contributed by atoms with Gasteiger partial charge in [0.1, 0.15) is 0 Å². The first-order valence-electron chi connectivity index (χ1n) is 8.25. The fourth-order valence-electron chi connectivity index (χ4n) is 2.74. The van der Waals surface area contributed by atoms with Crippen LogP contribution >= 0.6 is 0 Å². The van der Waals surface area contributed by atoms with Gasteiger partial charge in [-0.25, -0.2) is 0 Å². The molecule has 1 amide bonds. The molecule has 0 aliphatic carbocycles. The third-order valence-corrected chi connectivity index (χ3v) is 4.44. The largest absolute Gasteiger partial charge is 0.493 e. The Morgan fingerprint density at radius 2 is 2.08 bits per heavy atom. The maximum absolute atomic E-state index is 12.6. The number of carboxylic acids is 1. The van der Waals surface area contributed by atoms with E-state index in [1.54, 1.807) is 30.0 Å². The van der Waals surface area contributed by atoms with E-state index in [0.29, 0.717) is 36.6 Å². The lowest BCUT2D eigenvalue weighted by Crippen LogP contribution is -2.34. The Labute approximate surface area is 142 Å². The Hall–Kier alpha value is -2.24. The zero-order valence-electron chi connectivity index (χ0n) is 14.5. The number of carbonyl (C=O) groups is 2. The van der Waals surface area contributed by atoms with Crippen molar-refractivity contribution < 1.29 is 24.2 Å². The smallest absolute Gasteiger partial charge is 0.311 e. The molecule has 0 spiro atoms. The standard InChI is InChI=1S/C18H25NO5/c1-4-5-10-24-14-7-6-13(11-15(14)23-3)16(20)19-9-8-18(2,12-19)17(21)22/h6-7,11H,4-5,8-10,12H2,1-3H3,(H,21,22). The number of amides is 1. The molecular formula is C18H25NO5. The number of nitrogens with zero attached hydrogens (tertiary/aromatic N) is 1. The highest BCUT2D eigenvalue weighted by Crippen LogP contribution is 2.33. The number of carboxylic acid groups (broad SMARTS) is 1. The van der Waals surface area contributed by atoms with Gasteiger partial charge in [0.05, 0.1) is 19.1 Å². The lowest BCUT2D eigenvalue weighted by atomic mass is 9.90. The van der Waals surface area contributed by atoms with Gasteiger partial charge in [0, 0.05) is 18.7 Å². The highest BCUT2D eigenvalue weighted by atomic mass is 16.5. The van der Waals surface area contributed by atoms with Gasteiger partial charge in [-0.15, -0.1) is 0 Å². The highest BCUT2D eigenvalue weighted by molar-refractivity contribution is 5.95. The second-order valence-electron chi connectivity index (χ2n) is 6.41. The van der Waals surface area contributed by atoms with Crippen LogP contribution in [0.4, 0.5) is 0 Å². The quantitative estimate of drug-likeness (QED) is 0.776. The number of methoxy groups -OCH3 is 1. The number of ether oxygens (including phenoxy) is 2. The predicted octanol–water partition coefficient (Wildman–Crippen LogP) is 2.81. The summed E-state index contributed by atoms with van der Waals surface area (Å²) in [5.74, 6) is 0.0740. The van der Waals surface area contributed by atoms with Crippen molar-refractivity contribution in [3.63, 3.8) is 0 Å². The molecule has 1 atom stereocenters. The molecule has 2 rings (SSSR count). The van der Waals surface area contributed by atoms with Gasteiger partial charge in [0.2, 0.25) is 0 Å². The molecule has 6 heteroatoms. The van der Waals surface area contributed by atoms with E-state index in [-0.39, 0.29) is 12.5 Å². The van der Waals surface area contributed by atoms with E-state index >= 15 is 0 Å². The first kappa shape index (κ1) is 18.1. The Kier molecular flexibility index (Phi) is 5.70. The van der Waals surface area contributed by atoms with E-state index in [2.05, 4.69) is 6.92 Å². The molecule has 0 saturated carbocycles. The lowest BCUT2D eigenvalue weighted by molar-refractivity contribution is -0.147. The van der Waals surface area contributed by atoms with Gasteiger partial charge in [-0.2, -0.15) is 0 Å². The molecule has 1 aliphatic rings. The zero-order valence-corrected chi connectivity index (χ0v) is 14.5. The van der Waals surface area contributed by atoms with Gasteiger partial charge in [0.15, 0.2) is 11.5 Å². The summed E-state index contributed by atoms with van der Waals surface area (Å²) in [5.41, 5.74) is -0.396. The number of aliphatic carboxylic acids is 1. The summed E-state index contributed by atoms with van der Waals surface area (Å²) in [6.07, 6.45) is 2.45. The Morgan fingerprint density at radius 1 is 1.33 bits per heavy atom. The van der Waals surface area contributed by atoms with Crippen LogP contribution in [0.1, 0.15) is 43.5 Å². The monoisotopic (exact) mass is 335 g/mol. The van der Waals surface area contributed by atoms with Crippen LogP contribution in [0.2, 0.25) is 0 Å². The SMILES string of the molecule is CCCCOc1ccc(C(=O)N2CCC(C)(C(=O)O)C2)cc1OC. The molecule has 0 aromatic heterocycles. The van der Waals surface area contributed by atoms with Gasteiger partial charge < -0.3 is 19.5 Å². The molecule has 1 aromatic rings. The van der Waals surface area contributed by atoms with Crippen LogP contribution in [0.25, 0.3) is 0 Å². The topological polar surface area (TPSA) is 76.1 Å². The second kappa shape index (κ2) is 7.55. The molecule has 1 unspecified atom stereocenters. The van der Waals surface area contributed by atoms with Crippen molar-refractivity contribution in [3.05, 3.63) is 23.8 Å². The van der Waals surface area contributed by atoms with E-state index in [1.165, 1.54) is 7.11 Å². The minimum atomic E-state index is -0.872. The number of carbonyl (C=O) groups excluding carboxylic acids is 1. The van der Waals surface area contributed by atoms with E-state index in [0.717, 1.165) is 12.8 Å². The van der Waals surface area contributed by atoms with Gasteiger partial charge in [0.25, 0.3) is 5.91 Å². The summed E-state index contributed by atoms with van der Waals surface area (Å²) in [6.45, 7) is 5.03. The molecule has 1 saturated heterocycles. The molecule has 0 bridgehead atoms. The molecule has 1 fully saturated rings. The fraction of sp³-hybridized carbons (Fsp3) is 0.556. The minimum absolute atomic E-state index is 0.182. The molecule has 1 N–H and O–H groups in total. The van der Waals surface area contributed by atoms with Crippen molar-refractivity contribution in [2.45, 2.75) is 33.1 Å². The predicted molar refractivity (Wildman–Crippen MR) is 89.7 cm³/mol. The minimum Gasteiger partial charge on any atom is -0.493 e. The van der Waals surface area contributed by atoms with Crippen molar-refractivity contribution in [2.24, 2.45) is 5.41 Å². The van der Waals surface area contributed by atoms with Crippen LogP contribution in [0, 0.1) is 5.41 Å². The zero-order chi connectivity index (χ0) is 17.7. The van der Waals surface area contributed by atoms with Crippen molar-refractivity contribution in [1.29, 1.82) is 0 Å². The molecule has 1 heterocycles. The lowest BCUT2D eigenvalue weighted by Gasteiger charge is -2.20. The number of unbranched alkanes of at least 4 members (excludes halogenated alkanes) is 1. The van der Waals surface area contributed by atoms with Crippen LogP contribution < -0.4 is 9.47 Å². The van der Waals surface area contributed by atoms with Crippen molar-refractivity contribution in [3.8, 4) is 11.5 Å². The summed E-state index contributed by atoms with van der Waals surface area (Å²) >= 11 is 0. The summed E-state index contributed by atoms with van der Waals surface area (Å²) in [5, 5.41) is 9.29. The van der Waals surface area contributed by atoms with Gasteiger partial charge >= 0.3 is 5.97 Å². The van der Waals surface area contributed by atoms with Gasteiger partial charge in [-0.05, 0) is 38.0 Å². The normalized spacial score (nSPS) is 20.0. The van der Waals surface area contributed by atoms with E-state index in [4.69, 9.17) is 9.47 Å². The van der Waals surface area contributed by atoms with Crippen LogP contribution in [-0.4, -0.2) is 48.7 Å². The first-order valence-corrected chi connectivity index (χ1v) is 8.25. The molecule has 1 aliphatic heterocycles. The number of likely N-dealkylation sites (tertiary alicyclic amines) is 1. The summed E-state index contributed by atoms with van der Waals surface area (Å²) < 4.78 is 11.0. The highest BCUT2D eigenvalue weighted by Gasteiger charge is 2.42. The molecule has 6 nitrogen and oxygen atoms in total. The summed E-state index contributed by atoms with van der Waals surface area (Å²) in [7, 11) is 1.54. The number of hydrogen-bond donors (Lipinski definition) is 1. The Morgan fingerprint density at radius 3 is 2.67 bits per heavy atom. The summed E-state index contributed by atoms with van der Waals surface area (Å²) in [6, 6.07) is 5.08. The van der Waals surface area contributed by atoms with Gasteiger partial charge in [-0.3, -0.25) is 9.59 Å². The van der Waals surface area contributed by atoms with Crippen LogP contribution in [-0.2, 0) is 4.79 Å². The van der Waals surface area contributed by atoms with E-state index in [9.17, 15) is 14.7 Å². The average Bonchev–Trinajstić information content (AvgIpc) is 2.98. The van der Waals surface area contributed by atoms with Crippen molar-refractivity contribution in [2.75, 3.05) is 26.8 Å².